The normalized spacial score (nSPS) is 12.2. The Labute approximate surface area is 129 Å². The minimum absolute atomic E-state index is 0.245. The van der Waals surface area contributed by atoms with Crippen LogP contribution in [0, 0.1) is 6.92 Å². The fraction of sp³-hybridized carbons (Fsp3) is 0.375. The Morgan fingerprint density at radius 2 is 2.10 bits per heavy atom. The molecule has 0 aliphatic heterocycles. The first-order valence-corrected chi connectivity index (χ1v) is 7.93. The first kappa shape index (κ1) is 15.2. The summed E-state index contributed by atoms with van der Waals surface area (Å²) in [5, 5.41) is 4.24. The van der Waals surface area contributed by atoms with Crippen molar-refractivity contribution in [1.82, 2.24) is 0 Å². The summed E-state index contributed by atoms with van der Waals surface area (Å²) in [6.07, 6.45) is 1.08. The average Bonchev–Trinajstić information content (AvgIpc) is 2.91. The third kappa shape index (κ3) is 3.28. The molecule has 0 saturated heterocycles. The van der Waals surface area contributed by atoms with Gasteiger partial charge in [-0.25, -0.2) is 0 Å². The molecular formula is C16H20ClNOS. The summed E-state index contributed by atoms with van der Waals surface area (Å²) in [7, 11) is 1.66. The maximum atomic E-state index is 6.13. The summed E-state index contributed by atoms with van der Waals surface area (Å²) >= 11 is 7.99. The van der Waals surface area contributed by atoms with Crippen molar-refractivity contribution < 1.29 is 4.74 Å². The maximum Gasteiger partial charge on any atom is 0.143 e. The highest BCUT2D eigenvalue weighted by atomic mass is 35.5. The van der Waals surface area contributed by atoms with E-state index in [0.717, 1.165) is 28.4 Å². The quantitative estimate of drug-likeness (QED) is 0.792. The van der Waals surface area contributed by atoms with Gasteiger partial charge in [0.25, 0.3) is 0 Å². The number of hydrogen-bond donors (Lipinski definition) is 1. The van der Waals surface area contributed by atoms with Gasteiger partial charge in [0, 0.05) is 20.8 Å². The molecule has 1 N–H and O–H groups in total. The Morgan fingerprint density at radius 1 is 1.35 bits per heavy atom. The predicted molar refractivity (Wildman–Crippen MR) is 88.5 cm³/mol. The second-order valence-electron chi connectivity index (χ2n) is 4.83. The van der Waals surface area contributed by atoms with Gasteiger partial charge in [0.2, 0.25) is 0 Å². The summed E-state index contributed by atoms with van der Waals surface area (Å²) in [5.74, 6) is 0.778. The van der Waals surface area contributed by atoms with Gasteiger partial charge in [-0.05, 0) is 44.0 Å². The summed E-state index contributed by atoms with van der Waals surface area (Å²) < 4.78 is 5.40. The van der Waals surface area contributed by atoms with Crippen LogP contribution in [0.5, 0.6) is 5.75 Å². The highest BCUT2D eigenvalue weighted by molar-refractivity contribution is 7.12. The van der Waals surface area contributed by atoms with Crippen molar-refractivity contribution in [1.29, 1.82) is 0 Å². The van der Waals surface area contributed by atoms with E-state index in [1.54, 1.807) is 7.11 Å². The fourth-order valence-electron chi connectivity index (χ4n) is 2.07. The Balaban J connectivity index is 2.22. The van der Waals surface area contributed by atoms with Crippen LogP contribution in [0.2, 0.25) is 5.02 Å². The van der Waals surface area contributed by atoms with Crippen LogP contribution in [0.4, 0.5) is 5.69 Å². The molecule has 1 aromatic carbocycles. The molecule has 2 nitrogen and oxygen atoms in total. The molecule has 2 rings (SSSR count). The minimum atomic E-state index is 0.245. The molecule has 108 valence electrons. The van der Waals surface area contributed by atoms with Gasteiger partial charge < -0.3 is 10.1 Å². The summed E-state index contributed by atoms with van der Waals surface area (Å²) in [6.45, 7) is 6.34. The number of methoxy groups -OCH3 is 1. The van der Waals surface area contributed by atoms with Gasteiger partial charge in [-0.15, -0.1) is 11.3 Å². The fourth-order valence-corrected chi connectivity index (χ4v) is 3.18. The van der Waals surface area contributed by atoms with Crippen LogP contribution >= 0.6 is 22.9 Å². The van der Waals surface area contributed by atoms with Crippen LogP contribution in [0.3, 0.4) is 0 Å². The zero-order valence-electron chi connectivity index (χ0n) is 12.3. The first-order chi connectivity index (χ1) is 9.55. The lowest BCUT2D eigenvalue weighted by Crippen LogP contribution is -2.06. The van der Waals surface area contributed by atoms with Crippen LogP contribution in [-0.2, 0) is 6.42 Å². The van der Waals surface area contributed by atoms with Gasteiger partial charge in [0.1, 0.15) is 5.75 Å². The SMILES string of the molecule is CCc1ccc(C(C)Nc2cc(C)c(Cl)cc2OC)s1. The second-order valence-corrected chi connectivity index (χ2v) is 6.43. The molecular weight excluding hydrogens is 290 g/mol. The molecule has 0 aliphatic rings. The van der Waals surface area contributed by atoms with Crippen molar-refractivity contribution in [2.45, 2.75) is 33.2 Å². The zero-order valence-corrected chi connectivity index (χ0v) is 13.9. The molecule has 1 unspecified atom stereocenters. The van der Waals surface area contributed by atoms with E-state index in [-0.39, 0.29) is 6.04 Å². The number of thiophene rings is 1. The number of benzene rings is 1. The van der Waals surface area contributed by atoms with Crippen molar-refractivity contribution in [3.63, 3.8) is 0 Å². The number of nitrogens with one attached hydrogen (secondary N) is 1. The van der Waals surface area contributed by atoms with Crippen molar-refractivity contribution in [3.05, 3.63) is 44.6 Å². The van der Waals surface area contributed by atoms with E-state index in [4.69, 9.17) is 16.3 Å². The van der Waals surface area contributed by atoms with E-state index < -0.39 is 0 Å². The molecule has 0 aliphatic carbocycles. The van der Waals surface area contributed by atoms with Crippen molar-refractivity contribution in [2.24, 2.45) is 0 Å². The average molecular weight is 310 g/mol. The molecule has 0 fully saturated rings. The largest absolute Gasteiger partial charge is 0.495 e. The lowest BCUT2D eigenvalue weighted by Gasteiger charge is -2.17. The van der Waals surface area contributed by atoms with Crippen LogP contribution in [0.15, 0.2) is 24.3 Å². The summed E-state index contributed by atoms with van der Waals surface area (Å²) in [5.41, 5.74) is 2.02. The van der Waals surface area contributed by atoms with Gasteiger partial charge >= 0.3 is 0 Å². The monoisotopic (exact) mass is 309 g/mol. The molecule has 0 bridgehead atoms. The molecule has 20 heavy (non-hydrogen) atoms. The number of rotatable bonds is 5. The molecule has 0 saturated carbocycles. The van der Waals surface area contributed by atoms with Gasteiger partial charge in [0.05, 0.1) is 18.8 Å². The Bertz CT molecular complexity index is 594. The van der Waals surface area contributed by atoms with Crippen LogP contribution in [0.25, 0.3) is 0 Å². The Morgan fingerprint density at radius 3 is 2.70 bits per heavy atom. The molecule has 2 aromatic rings. The maximum absolute atomic E-state index is 6.13. The molecule has 0 radical (unpaired) electrons. The van der Waals surface area contributed by atoms with E-state index in [1.807, 2.05) is 30.4 Å². The van der Waals surface area contributed by atoms with Crippen LogP contribution in [0.1, 0.15) is 35.2 Å². The van der Waals surface area contributed by atoms with Crippen LogP contribution in [-0.4, -0.2) is 7.11 Å². The first-order valence-electron chi connectivity index (χ1n) is 6.74. The molecule has 1 aromatic heterocycles. The Hall–Kier alpha value is -1.19. The van der Waals surface area contributed by atoms with Gasteiger partial charge in [-0.2, -0.15) is 0 Å². The molecule has 0 spiro atoms. The highest BCUT2D eigenvalue weighted by Crippen LogP contribution is 2.34. The van der Waals surface area contributed by atoms with E-state index in [0.29, 0.717) is 0 Å². The van der Waals surface area contributed by atoms with Crippen molar-refractivity contribution >= 4 is 28.6 Å². The van der Waals surface area contributed by atoms with E-state index in [1.165, 1.54) is 9.75 Å². The topological polar surface area (TPSA) is 21.3 Å². The van der Waals surface area contributed by atoms with Gasteiger partial charge in [-0.3, -0.25) is 0 Å². The van der Waals surface area contributed by atoms with E-state index in [2.05, 4.69) is 31.3 Å². The standard InChI is InChI=1S/C16H20ClNOS/c1-5-12-6-7-16(20-12)11(3)18-14-8-10(2)13(17)9-15(14)19-4/h6-9,11,18H,5H2,1-4H3. The van der Waals surface area contributed by atoms with Crippen molar-refractivity contribution in [3.8, 4) is 5.75 Å². The number of ether oxygens (including phenoxy) is 1. The minimum Gasteiger partial charge on any atom is -0.495 e. The predicted octanol–water partition coefficient (Wildman–Crippen LogP) is 5.45. The zero-order chi connectivity index (χ0) is 14.7. The van der Waals surface area contributed by atoms with Gasteiger partial charge in [0.15, 0.2) is 0 Å². The smallest absolute Gasteiger partial charge is 0.143 e. The van der Waals surface area contributed by atoms with E-state index in [9.17, 15) is 0 Å². The third-order valence-corrected chi connectivity index (χ3v) is 5.13. The Kier molecular flexibility index (Phi) is 4.95. The highest BCUT2D eigenvalue weighted by Gasteiger charge is 2.12. The number of halogens is 1. The van der Waals surface area contributed by atoms with Crippen molar-refractivity contribution in [2.75, 3.05) is 12.4 Å². The molecule has 4 heteroatoms. The van der Waals surface area contributed by atoms with Gasteiger partial charge in [-0.1, -0.05) is 18.5 Å². The summed E-state index contributed by atoms with van der Waals surface area (Å²) in [6, 6.07) is 8.53. The molecule has 1 heterocycles. The van der Waals surface area contributed by atoms with E-state index >= 15 is 0 Å². The number of anilines is 1. The third-order valence-electron chi connectivity index (χ3n) is 3.31. The second kappa shape index (κ2) is 6.51. The number of hydrogen-bond acceptors (Lipinski definition) is 3. The van der Waals surface area contributed by atoms with Crippen LogP contribution < -0.4 is 10.1 Å². The summed E-state index contributed by atoms with van der Waals surface area (Å²) in [4.78, 5) is 2.74. The lowest BCUT2D eigenvalue weighted by molar-refractivity contribution is 0.416. The molecule has 0 amide bonds. The molecule has 1 atom stereocenters. The number of aryl methyl sites for hydroxylation is 2. The lowest BCUT2D eigenvalue weighted by atomic mass is 10.1.